The minimum atomic E-state index is -0.0305. The Balaban J connectivity index is 0.00000511. The first-order chi connectivity index (χ1) is 31.1. The van der Waals surface area contributed by atoms with Crippen LogP contribution in [0.5, 0.6) is 0 Å². The summed E-state index contributed by atoms with van der Waals surface area (Å²) >= 11 is 0. The number of hydrogen-bond donors (Lipinski definition) is 0. The molecule has 0 aliphatic rings. The molecule has 4 heterocycles. The van der Waals surface area contributed by atoms with Crippen molar-refractivity contribution in [3.8, 4) is 45.1 Å². The van der Waals surface area contributed by atoms with Crippen LogP contribution in [0.3, 0.4) is 0 Å². The summed E-state index contributed by atoms with van der Waals surface area (Å²) < 4.78 is 4.60. The Bertz CT molecular complexity index is 3690. The average Bonchev–Trinajstić information content (AvgIpc) is 3.95. The molecule has 0 aliphatic heterocycles. The van der Waals surface area contributed by atoms with Crippen LogP contribution in [-0.4, -0.2) is 19.1 Å². The molecule has 5 nitrogen and oxygen atoms in total. The van der Waals surface area contributed by atoms with Gasteiger partial charge in [-0.2, -0.15) is 0 Å². The summed E-state index contributed by atoms with van der Waals surface area (Å²) in [6, 6.07) is 52.6. The molecule has 0 radical (unpaired) electrons. The van der Waals surface area contributed by atoms with E-state index >= 15 is 0 Å². The van der Waals surface area contributed by atoms with Crippen molar-refractivity contribution in [2.75, 3.05) is 0 Å². The smallest absolute Gasteiger partial charge is 0.656 e. The quantitative estimate of drug-likeness (QED) is 0.161. The summed E-state index contributed by atoms with van der Waals surface area (Å²) in [4.78, 5) is 16.2. The number of rotatable bonds is 5. The van der Waals surface area contributed by atoms with Gasteiger partial charge < -0.3 is 9.55 Å². The van der Waals surface area contributed by atoms with Crippen molar-refractivity contribution < 1.29 is 21.1 Å². The monoisotopic (exact) mass is 1040 g/mol. The van der Waals surface area contributed by atoms with Gasteiger partial charge in [-0.25, -0.2) is 9.97 Å². The van der Waals surface area contributed by atoms with Crippen LogP contribution >= 0.6 is 0 Å². The first-order valence-electron chi connectivity index (χ1n) is 22.8. The van der Waals surface area contributed by atoms with Crippen molar-refractivity contribution >= 4 is 54.6 Å². The van der Waals surface area contributed by atoms with Gasteiger partial charge in [0.15, 0.2) is 0 Å². The second kappa shape index (κ2) is 15.8. The first-order valence-corrected chi connectivity index (χ1v) is 22.8. The molecule has 0 amide bonds. The number of pyridine rings is 1. The minimum absolute atomic E-state index is 0. The van der Waals surface area contributed by atoms with Crippen LogP contribution in [-0.2, 0) is 31.9 Å². The molecule has 0 bridgehead atoms. The zero-order valence-electron chi connectivity index (χ0n) is 39.3. The molecule has 0 saturated heterocycles. The number of imidazole rings is 1. The fourth-order valence-electron chi connectivity index (χ4n) is 10.2. The van der Waals surface area contributed by atoms with Crippen molar-refractivity contribution in [1.29, 1.82) is 0 Å². The molecule has 6 heteroatoms. The number of nitrogens with zero attached hydrogens (tertiary/aromatic N) is 5. The molecule has 0 unspecified atom stereocenters. The Labute approximate surface area is 401 Å². The van der Waals surface area contributed by atoms with Gasteiger partial charge in [0, 0.05) is 23.0 Å². The second-order valence-corrected chi connectivity index (χ2v) is 20.2. The molecular formula is C60H53N5Pt. The van der Waals surface area contributed by atoms with E-state index < -0.39 is 0 Å². The van der Waals surface area contributed by atoms with Crippen LogP contribution in [0.1, 0.15) is 74.9 Å². The second-order valence-electron chi connectivity index (χ2n) is 20.2. The number of benzene rings is 7. The zero-order chi connectivity index (χ0) is 45.1. The van der Waals surface area contributed by atoms with Gasteiger partial charge in [-0.3, -0.25) is 4.57 Å². The number of aromatic nitrogens is 5. The normalized spacial score (nSPS) is 12.3. The van der Waals surface area contributed by atoms with Crippen LogP contribution in [0.2, 0.25) is 0 Å². The van der Waals surface area contributed by atoms with Crippen LogP contribution in [0.25, 0.3) is 99.8 Å². The minimum Gasteiger partial charge on any atom is -0.656 e. The van der Waals surface area contributed by atoms with Crippen molar-refractivity contribution in [1.82, 2.24) is 24.1 Å². The van der Waals surface area contributed by atoms with E-state index in [9.17, 15) is 0 Å². The van der Waals surface area contributed by atoms with Crippen molar-refractivity contribution in [2.24, 2.45) is 0 Å². The van der Waals surface area contributed by atoms with E-state index in [2.05, 4.69) is 218 Å². The Morgan fingerprint density at radius 3 is 2.03 bits per heavy atom. The van der Waals surface area contributed by atoms with Gasteiger partial charge in [-0.1, -0.05) is 149 Å². The van der Waals surface area contributed by atoms with Gasteiger partial charge in [0.25, 0.3) is 0 Å². The maximum atomic E-state index is 5.70. The number of hydrogen-bond acceptors (Lipinski definition) is 2. The SMILES string of the molecule is Cc1cc(C)c(-c2ccc(-c3nc4c(-c5[c-]c6c(cc5)c5cc(C)ccc5n6-c5cc(C(C)(C)C)ccn5)cccc4n3-c3ccccc3)c3[n-]c4ccc(C(C)(C)C)cc4c23)c(C)c1.[Pt+2]. The van der Waals surface area contributed by atoms with Gasteiger partial charge in [-0.15, -0.1) is 34.8 Å². The number of fused-ring (bicyclic) bond motifs is 7. The summed E-state index contributed by atoms with van der Waals surface area (Å²) in [5, 5.41) is 4.66. The maximum absolute atomic E-state index is 5.70. The van der Waals surface area contributed by atoms with E-state index in [0.717, 1.165) is 77.9 Å². The summed E-state index contributed by atoms with van der Waals surface area (Å²) in [6.45, 7) is 22.4. The van der Waals surface area contributed by atoms with E-state index in [4.69, 9.17) is 15.0 Å². The summed E-state index contributed by atoms with van der Waals surface area (Å²) in [6.07, 6.45) is 1.94. The topological polar surface area (TPSA) is 49.7 Å². The van der Waals surface area contributed by atoms with Gasteiger partial charge in [0.2, 0.25) is 0 Å². The predicted octanol–water partition coefficient (Wildman–Crippen LogP) is 15.4. The molecule has 0 fully saturated rings. The molecule has 11 rings (SSSR count). The molecule has 0 N–H and O–H groups in total. The Morgan fingerprint density at radius 2 is 1.29 bits per heavy atom. The zero-order valence-corrected chi connectivity index (χ0v) is 41.6. The van der Waals surface area contributed by atoms with Crippen LogP contribution in [0.4, 0.5) is 0 Å². The summed E-state index contributed by atoms with van der Waals surface area (Å²) in [5.74, 6) is 1.73. The Hall–Kier alpha value is -6.55. The van der Waals surface area contributed by atoms with Gasteiger partial charge in [0.1, 0.15) is 11.6 Å². The van der Waals surface area contributed by atoms with E-state index in [1.807, 2.05) is 6.20 Å². The standard InChI is InChI=1S/C60H53N5.Pt/c1-35-19-26-50-47(31-35)44-22-20-39(32-52(44)65(50)53-34-41(27-28-61-53)60(8,9)10)43-17-14-18-51-56(43)63-58(64(51)42-15-12-11-13-16-42)46-24-23-45(54-37(3)29-36(2)30-38(54)4)55-48-33-40(59(5,6)7)21-25-49(48)62-57(46)55;/h11-31,33-34H,1-10H3;/q-2;+2. The summed E-state index contributed by atoms with van der Waals surface area (Å²) in [5.41, 5.74) is 19.9. The Kier molecular flexibility index (Phi) is 10.4. The molecule has 66 heavy (non-hydrogen) atoms. The molecule has 0 aliphatic carbocycles. The first kappa shape index (κ1) is 43.3. The fraction of sp³-hybridized carbons (Fsp3) is 0.200. The third-order valence-electron chi connectivity index (χ3n) is 13.4. The third kappa shape index (κ3) is 7.02. The van der Waals surface area contributed by atoms with Gasteiger partial charge in [-0.05, 0) is 130 Å². The third-order valence-corrected chi connectivity index (χ3v) is 13.4. The Morgan fingerprint density at radius 1 is 0.561 bits per heavy atom. The molecular weight excluding hydrogens is 986 g/mol. The van der Waals surface area contributed by atoms with Crippen LogP contribution < -0.4 is 4.98 Å². The molecule has 0 atom stereocenters. The van der Waals surface area contributed by atoms with E-state index in [0.29, 0.717) is 0 Å². The molecule has 328 valence electrons. The molecule has 0 spiro atoms. The molecule has 11 aromatic rings. The van der Waals surface area contributed by atoms with E-state index in [1.165, 1.54) is 55.3 Å². The predicted molar refractivity (Wildman–Crippen MR) is 273 cm³/mol. The van der Waals surface area contributed by atoms with Crippen LogP contribution in [0, 0.1) is 33.8 Å². The van der Waals surface area contributed by atoms with Crippen molar-refractivity contribution in [3.63, 3.8) is 0 Å². The fourth-order valence-corrected chi connectivity index (χ4v) is 10.2. The van der Waals surface area contributed by atoms with Gasteiger partial charge >= 0.3 is 21.1 Å². The molecule has 0 saturated carbocycles. The van der Waals surface area contributed by atoms with Gasteiger partial charge in [0.05, 0.1) is 11.0 Å². The average molecular weight is 1040 g/mol. The van der Waals surface area contributed by atoms with E-state index in [1.54, 1.807) is 0 Å². The summed E-state index contributed by atoms with van der Waals surface area (Å²) in [7, 11) is 0. The van der Waals surface area contributed by atoms with E-state index in [-0.39, 0.29) is 31.9 Å². The number of aryl methyl sites for hydroxylation is 4. The maximum Gasteiger partial charge on any atom is 2.00 e. The largest absolute Gasteiger partial charge is 2.00 e. The number of para-hydroxylation sites is 2. The van der Waals surface area contributed by atoms with Crippen molar-refractivity contribution in [2.45, 2.75) is 80.1 Å². The van der Waals surface area contributed by atoms with Crippen LogP contribution in [0.15, 0.2) is 140 Å². The molecule has 4 aromatic heterocycles. The molecule has 7 aromatic carbocycles. The van der Waals surface area contributed by atoms with Crippen molar-refractivity contribution in [3.05, 3.63) is 179 Å².